The molecule has 0 saturated carbocycles. The van der Waals surface area contributed by atoms with E-state index in [1.54, 1.807) is 42.5 Å². The summed E-state index contributed by atoms with van der Waals surface area (Å²) < 4.78 is 12.1. The molecule has 0 fully saturated rings. The molecule has 0 radical (unpaired) electrons. The standard InChI is InChI=1S/C25H20BrClN2O3/c1-2-31-23-9-7-22(8-10-23)29-25(30)19(15-28)13-18-14-20(26)6-11-24(18)32-16-17-4-3-5-21(27)12-17/h3-14H,2,16H2,1H3,(H,29,30)/b19-13+. The van der Waals surface area contributed by atoms with E-state index < -0.39 is 5.91 Å². The van der Waals surface area contributed by atoms with E-state index in [4.69, 9.17) is 21.1 Å². The van der Waals surface area contributed by atoms with Gasteiger partial charge in [0.15, 0.2) is 0 Å². The number of hydrogen-bond donors (Lipinski definition) is 1. The highest BCUT2D eigenvalue weighted by atomic mass is 79.9. The fourth-order valence-corrected chi connectivity index (χ4v) is 3.45. The lowest BCUT2D eigenvalue weighted by atomic mass is 10.1. The molecule has 3 rings (SSSR count). The molecule has 0 heterocycles. The van der Waals surface area contributed by atoms with E-state index in [9.17, 15) is 10.1 Å². The smallest absolute Gasteiger partial charge is 0.266 e. The second kappa shape index (κ2) is 11.4. The van der Waals surface area contributed by atoms with Gasteiger partial charge in [0.1, 0.15) is 29.7 Å². The lowest BCUT2D eigenvalue weighted by molar-refractivity contribution is -0.112. The molecule has 0 aromatic heterocycles. The fraction of sp³-hybridized carbons (Fsp3) is 0.120. The number of nitriles is 1. The predicted octanol–water partition coefficient (Wildman–Crippen LogP) is 6.63. The number of rotatable bonds is 8. The van der Waals surface area contributed by atoms with Crippen molar-refractivity contribution in [1.82, 2.24) is 0 Å². The molecule has 32 heavy (non-hydrogen) atoms. The molecule has 7 heteroatoms. The van der Waals surface area contributed by atoms with Crippen LogP contribution in [0.25, 0.3) is 6.08 Å². The quantitative estimate of drug-likeness (QED) is 0.272. The van der Waals surface area contributed by atoms with Crippen LogP contribution in [0.5, 0.6) is 11.5 Å². The largest absolute Gasteiger partial charge is 0.494 e. The van der Waals surface area contributed by atoms with Gasteiger partial charge in [-0.1, -0.05) is 39.7 Å². The Morgan fingerprint density at radius 3 is 2.59 bits per heavy atom. The summed E-state index contributed by atoms with van der Waals surface area (Å²) in [5.41, 5.74) is 2.01. The summed E-state index contributed by atoms with van der Waals surface area (Å²) in [6.07, 6.45) is 1.50. The van der Waals surface area contributed by atoms with Crippen LogP contribution in [0.15, 0.2) is 76.8 Å². The zero-order valence-electron chi connectivity index (χ0n) is 17.3. The van der Waals surface area contributed by atoms with E-state index in [1.807, 2.05) is 37.3 Å². The van der Waals surface area contributed by atoms with Crippen molar-refractivity contribution in [2.75, 3.05) is 11.9 Å². The highest BCUT2D eigenvalue weighted by Gasteiger charge is 2.12. The third kappa shape index (κ3) is 6.61. The van der Waals surface area contributed by atoms with Crippen LogP contribution in [0.1, 0.15) is 18.1 Å². The molecule has 1 N–H and O–H groups in total. The first-order valence-electron chi connectivity index (χ1n) is 9.81. The van der Waals surface area contributed by atoms with Gasteiger partial charge in [-0.25, -0.2) is 0 Å². The minimum absolute atomic E-state index is 0.0513. The minimum Gasteiger partial charge on any atom is -0.494 e. The van der Waals surface area contributed by atoms with Crippen LogP contribution in [0.2, 0.25) is 5.02 Å². The Bertz CT molecular complexity index is 1170. The van der Waals surface area contributed by atoms with Crippen LogP contribution >= 0.6 is 27.5 Å². The zero-order valence-corrected chi connectivity index (χ0v) is 19.6. The molecule has 0 atom stereocenters. The van der Waals surface area contributed by atoms with Gasteiger partial charge in [-0.05, 0) is 73.2 Å². The Balaban J connectivity index is 1.78. The van der Waals surface area contributed by atoms with Crippen molar-refractivity contribution >= 4 is 45.2 Å². The Morgan fingerprint density at radius 1 is 1.12 bits per heavy atom. The number of carbonyl (C=O) groups excluding carboxylic acids is 1. The van der Waals surface area contributed by atoms with Crippen molar-refractivity contribution in [2.24, 2.45) is 0 Å². The Kier molecular flexibility index (Phi) is 8.32. The molecular formula is C25H20BrClN2O3. The van der Waals surface area contributed by atoms with Gasteiger partial charge in [0.2, 0.25) is 0 Å². The van der Waals surface area contributed by atoms with E-state index in [0.29, 0.717) is 41.0 Å². The highest BCUT2D eigenvalue weighted by Crippen LogP contribution is 2.27. The number of halogens is 2. The normalized spacial score (nSPS) is 10.9. The van der Waals surface area contributed by atoms with Gasteiger partial charge in [0.05, 0.1) is 6.61 Å². The van der Waals surface area contributed by atoms with Crippen molar-refractivity contribution in [2.45, 2.75) is 13.5 Å². The number of benzene rings is 3. The molecule has 1 amide bonds. The number of carbonyl (C=O) groups is 1. The van der Waals surface area contributed by atoms with Gasteiger partial charge in [0, 0.05) is 20.7 Å². The van der Waals surface area contributed by atoms with Crippen LogP contribution < -0.4 is 14.8 Å². The first-order valence-corrected chi connectivity index (χ1v) is 11.0. The van der Waals surface area contributed by atoms with Gasteiger partial charge in [-0.3, -0.25) is 4.79 Å². The molecule has 0 saturated heterocycles. The molecule has 3 aromatic rings. The fourth-order valence-electron chi connectivity index (χ4n) is 2.86. The van der Waals surface area contributed by atoms with Gasteiger partial charge < -0.3 is 14.8 Å². The summed E-state index contributed by atoms with van der Waals surface area (Å²) in [6.45, 7) is 2.75. The molecular weight excluding hydrogens is 492 g/mol. The van der Waals surface area contributed by atoms with Crippen molar-refractivity contribution in [1.29, 1.82) is 5.26 Å². The summed E-state index contributed by atoms with van der Waals surface area (Å²) in [6, 6.07) is 21.7. The Morgan fingerprint density at radius 2 is 1.91 bits per heavy atom. The van der Waals surface area contributed by atoms with Crippen LogP contribution in [-0.4, -0.2) is 12.5 Å². The zero-order chi connectivity index (χ0) is 22.9. The third-order valence-electron chi connectivity index (χ3n) is 4.34. The summed E-state index contributed by atoms with van der Waals surface area (Å²) in [4.78, 5) is 12.7. The van der Waals surface area contributed by atoms with Crippen LogP contribution in [-0.2, 0) is 11.4 Å². The SMILES string of the molecule is CCOc1ccc(NC(=O)/C(C#N)=C/c2cc(Br)ccc2OCc2cccc(Cl)c2)cc1. The van der Waals surface area contributed by atoms with Crippen LogP contribution in [0, 0.1) is 11.3 Å². The molecule has 0 aliphatic carbocycles. The lowest BCUT2D eigenvalue weighted by Gasteiger charge is -2.11. The monoisotopic (exact) mass is 510 g/mol. The summed E-state index contributed by atoms with van der Waals surface area (Å²) in [5.74, 6) is 0.726. The minimum atomic E-state index is -0.516. The van der Waals surface area contributed by atoms with Gasteiger partial charge in [-0.2, -0.15) is 5.26 Å². The Hall–Kier alpha value is -3.27. The molecule has 0 bridgehead atoms. The van der Waals surface area contributed by atoms with E-state index in [2.05, 4.69) is 21.2 Å². The molecule has 0 spiro atoms. The van der Waals surface area contributed by atoms with E-state index in [0.717, 1.165) is 10.0 Å². The van der Waals surface area contributed by atoms with Gasteiger partial charge >= 0.3 is 0 Å². The average molecular weight is 512 g/mol. The number of anilines is 1. The molecule has 0 aliphatic heterocycles. The number of ether oxygens (including phenoxy) is 2. The predicted molar refractivity (Wildman–Crippen MR) is 130 cm³/mol. The van der Waals surface area contributed by atoms with Gasteiger partial charge in [-0.15, -0.1) is 0 Å². The maximum absolute atomic E-state index is 12.7. The van der Waals surface area contributed by atoms with Gasteiger partial charge in [0.25, 0.3) is 5.91 Å². The number of hydrogen-bond acceptors (Lipinski definition) is 4. The average Bonchev–Trinajstić information content (AvgIpc) is 2.78. The Labute approximate surface area is 200 Å². The maximum atomic E-state index is 12.7. The summed E-state index contributed by atoms with van der Waals surface area (Å²) in [7, 11) is 0. The highest BCUT2D eigenvalue weighted by molar-refractivity contribution is 9.10. The molecule has 162 valence electrons. The van der Waals surface area contributed by atoms with Crippen LogP contribution in [0.3, 0.4) is 0 Å². The maximum Gasteiger partial charge on any atom is 0.266 e. The number of amides is 1. The van der Waals surface area contributed by atoms with Crippen LogP contribution in [0.4, 0.5) is 5.69 Å². The van der Waals surface area contributed by atoms with Crippen molar-refractivity contribution in [3.05, 3.63) is 92.9 Å². The van der Waals surface area contributed by atoms with Crippen molar-refractivity contribution in [3.8, 4) is 17.6 Å². The number of nitrogens with one attached hydrogen (secondary N) is 1. The van der Waals surface area contributed by atoms with E-state index in [-0.39, 0.29) is 5.57 Å². The first-order chi connectivity index (χ1) is 15.5. The van der Waals surface area contributed by atoms with E-state index >= 15 is 0 Å². The topological polar surface area (TPSA) is 71.3 Å². The number of nitrogens with zero attached hydrogens (tertiary/aromatic N) is 1. The van der Waals surface area contributed by atoms with E-state index in [1.165, 1.54) is 6.08 Å². The first kappa shape index (κ1) is 23.4. The van der Waals surface area contributed by atoms with Crippen molar-refractivity contribution < 1.29 is 14.3 Å². The molecule has 5 nitrogen and oxygen atoms in total. The summed E-state index contributed by atoms with van der Waals surface area (Å²) >= 11 is 9.46. The third-order valence-corrected chi connectivity index (χ3v) is 5.07. The lowest BCUT2D eigenvalue weighted by Crippen LogP contribution is -2.13. The van der Waals surface area contributed by atoms with Crippen molar-refractivity contribution in [3.63, 3.8) is 0 Å². The second-order valence-electron chi connectivity index (χ2n) is 6.68. The molecule has 0 aliphatic rings. The molecule has 0 unspecified atom stereocenters. The summed E-state index contributed by atoms with van der Waals surface area (Å²) in [5, 5.41) is 12.9. The molecule has 3 aromatic carbocycles. The second-order valence-corrected chi connectivity index (χ2v) is 8.03.